The molecule has 1 aliphatic carbocycles. The van der Waals surface area contributed by atoms with Gasteiger partial charge in [-0.25, -0.2) is 4.98 Å². The molecule has 5 heteroatoms. The molecule has 1 aliphatic rings. The summed E-state index contributed by atoms with van der Waals surface area (Å²) >= 11 is 0. The molecule has 0 aliphatic heterocycles. The molecule has 0 unspecified atom stereocenters. The molecule has 0 spiro atoms. The molecule has 128 valence electrons. The minimum atomic E-state index is -0.261. The van der Waals surface area contributed by atoms with E-state index in [4.69, 9.17) is 0 Å². The van der Waals surface area contributed by atoms with Crippen LogP contribution in [-0.2, 0) is 6.54 Å². The quantitative estimate of drug-likeness (QED) is 0.942. The fraction of sp³-hybridized carbons (Fsp3) is 0.526. The summed E-state index contributed by atoms with van der Waals surface area (Å²) in [7, 11) is 0. The van der Waals surface area contributed by atoms with Gasteiger partial charge in [0.1, 0.15) is 11.2 Å². The van der Waals surface area contributed by atoms with Crippen LogP contribution in [0.4, 0.5) is 0 Å². The Morgan fingerprint density at radius 1 is 1.33 bits per heavy atom. The van der Waals surface area contributed by atoms with Crippen LogP contribution < -0.4 is 10.7 Å². The maximum absolute atomic E-state index is 12.8. The van der Waals surface area contributed by atoms with Gasteiger partial charge in [-0.15, -0.1) is 0 Å². The zero-order valence-corrected chi connectivity index (χ0v) is 14.6. The second-order valence-electron chi connectivity index (χ2n) is 6.82. The van der Waals surface area contributed by atoms with Crippen LogP contribution in [0.2, 0.25) is 0 Å². The number of fused-ring (bicyclic) bond motifs is 1. The van der Waals surface area contributed by atoms with Gasteiger partial charge in [0.15, 0.2) is 0 Å². The first kappa shape index (κ1) is 16.7. The van der Waals surface area contributed by atoms with Crippen LogP contribution in [0.3, 0.4) is 0 Å². The number of nitrogens with zero attached hydrogens (tertiary/aromatic N) is 2. The predicted octanol–water partition coefficient (Wildman–Crippen LogP) is 3.03. The average molecular weight is 327 g/mol. The molecular formula is C19H25N3O2. The van der Waals surface area contributed by atoms with Gasteiger partial charge in [0, 0.05) is 24.5 Å². The Hall–Kier alpha value is -2.17. The largest absolute Gasteiger partial charge is 0.349 e. The number of aryl methyl sites for hydroxylation is 2. The number of nitrogens with one attached hydrogen (secondary N) is 1. The highest BCUT2D eigenvalue weighted by atomic mass is 16.2. The number of carbonyl (C=O) groups excluding carboxylic acids is 1. The predicted molar refractivity (Wildman–Crippen MR) is 95.3 cm³/mol. The maximum atomic E-state index is 12.8. The zero-order valence-electron chi connectivity index (χ0n) is 14.6. The van der Waals surface area contributed by atoms with Crippen molar-refractivity contribution in [1.29, 1.82) is 0 Å². The third kappa shape index (κ3) is 3.07. The molecule has 0 radical (unpaired) electrons. The summed E-state index contributed by atoms with van der Waals surface area (Å²) in [5.74, 6) is 0.198. The second-order valence-corrected chi connectivity index (χ2v) is 6.82. The Balaban J connectivity index is 1.99. The molecule has 0 saturated heterocycles. The van der Waals surface area contributed by atoms with Crippen LogP contribution in [0, 0.1) is 12.8 Å². The lowest BCUT2D eigenvalue weighted by Gasteiger charge is -2.29. The lowest BCUT2D eigenvalue weighted by molar-refractivity contribution is 0.0908. The van der Waals surface area contributed by atoms with E-state index in [0.29, 0.717) is 23.5 Å². The molecule has 5 nitrogen and oxygen atoms in total. The number of hydrogen-bond acceptors (Lipinski definition) is 3. The van der Waals surface area contributed by atoms with E-state index in [1.165, 1.54) is 6.42 Å². The minimum absolute atomic E-state index is 0.160. The fourth-order valence-electron chi connectivity index (χ4n) is 3.54. The third-order valence-electron chi connectivity index (χ3n) is 5.07. The fourth-order valence-corrected chi connectivity index (χ4v) is 3.54. The molecule has 3 rings (SSSR count). The Kier molecular flexibility index (Phi) is 4.69. The standard InChI is InChI=1S/C19H25N3O2/c1-4-22-11-15(17(23)14-10-9-13(3)20-18(14)22)19(24)21-16-8-6-5-7-12(16)2/h9-12,16H,4-8H2,1-3H3,(H,21,24)/t12-,16-/m0/s1. The van der Waals surface area contributed by atoms with Crippen molar-refractivity contribution >= 4 is 16.9 Å². The van der Waals surface area contributed by atoms with Crippen molar-refractivity contribution in [3.05, 3.63) is 39.8 Å². The van der Waals surface area contributed by atoms with E-state index < -0.39 is 0 Å². The van der Waals surface area contributed by atoms with Crippen LogP contribution in [0.5, 0.6) is 0 Å². The Bertz CT molecular complexity index is 825. The summed E-state index contributed by atoms with van der Waals surface area (Å²) in [5.41, 5.74) is 1.48. The van der Waals surface area contributed by atoms with Gasteiger partial charge in [0.25, 0.3) is 5.91 Å². The van der Waals surface area contributed by atoms with Gasteiger partial charge in [-0.05, 0) is 44.7 Å². The van der Waals surface area contributed by atoms with Crippen molar-refractivity contribution in [2.75, 3.05) is 0 Å². The average Bonchev–Trinajstić information content (AvgIpc) is 2.57. The Morgan fingerprint density at radius 3 is 2.79 bits per heavy atom. The number of rotatable bonds is 3. The monoisotopic (exact) mass is 327 g/mol. The highest BCUT2D eigenvalue weighted by molar-refractivity contribution is 5.97. The lowest BCUT2D eigenvalue weighted by atomic mass is 9.86. The molecule has 2 aromatic rings. The van der Waals surface area contributed by atoms with Crippen LogP contribution in [0.25, 0.3) is 11.0 Å². The minimum Gasteiger partial charge on any atom is -0.349 e. The smallest absolute Gasteiger partial charge is 0.257 e. The van der Waals surface area contributed by atoms with Gasteiger partial charge >= 0.3 is 0 Å². The van der Waals surface area contributed by atoms with Crippen LogP contribution in [0.1, 0.15) is 55.6 Å². The summed E-state index contributed by atoms with van der Waals surface area (Å²) < 4.78 is 1.88. The molecule has 24 heavy (non-hydrogen) atoms. The zero-order chi connectivity index (χ0) is 17.3. The van der Waals surface area contributed by atoms with Gasteiger partial charge in [-0.1, -0.05) is 19.8 Å². The Morgan fingerprint density at radius 2 is 2.08 bits per heavy atom. The van der Waals surface area contributed by atoms with Crippen LogP contribution >= 0.6 is 0 Å². The van der Waals surface area contributed by atoms with Gasteiger partial charge in [-0.3, -0.25) is 9.59 Å². The van der Waals surface area contributed by atoms with Crippen molar-refractivity contribution < 1.29 is 4.79 Å². The maximum Gasteiger partial charge on any atom is 0.257 e. The van der Waals surface area contributed by atoms with Crippen molar-refractivity contribution in [2.24, 2.45) is 5.92 Å². The Labute approximate surface area is 142 Å². The first-order chi connectivity index (χ1) is 11.5. The molecule has 0 bridgehead atoms. The molecule has 2 atom stereocenters. The molecule has 1 saturated carbocycles. The van der Waals surface area contributed by atoms with Crippen molar-refractivity contribution in [3.8, 4) is 0 Å². The summed E-state index contributed by atoms with van der Waals surface area (Å²) in [6.45, 7) is 6.71. The van der Waals surface area contributed by atoms with Crippen LogP contribution in [-0.4, -0.2) is 21.5 Å². The normalized spacial score (nSPS) is 21.0. The third-order valence-corrected chi connectivity index (χ3v) is 5.07. The molecule has 1 amide bonds. The number of carbonyl (C=O) groups is 1. The molecule has 2 heterocycles. The number of aromatic nitrogens is 2. The summed E-state index contributed by atoms with van der Waals surface area (Å²) in [5, 5.41) is 3.59. The van der Waals surface area contributed by atoms with Crippen molar-refractivity contribution in [2.45, 2.75) is 59.0 Å². The van der Waals surface area contributed by atoms with Gasteiger partial charge in [0.2, 0.25) is 5.43 Å². The van der Waals surface area contributed by atoms with Gasteiger partial charge in [-0.2, -0.15) is 0 Å². The number of pyridine rings is 2. The SMILES string of the molecule is CCn1cc(C(=O)N[C@H]2CCCC[C@@H]2C)c(=O)c2ccc(C)nc21. The van der Waals surface area contributed by atoms with Gasteiger partial charge < -0.3 is 9.88 Å². The topological polar surface area (TPSA) is 64.0 Å². The van der Waals surface area contributed by atoms with Crippen molar-refractivity contribution in [1.82, 2.24) is 14.9 Å². The highest BCUT2D eigenvalue weighted by Crippen LogP contribution is 2.24. The first-order valence-electron chi connectivity index (χ1n) is 8.83. The molecule has 1 fully saturated rings. The summed E-state index contributed by atoms with van der Waals surface area (Å²) in [4.78, 5) is 29.9. The number of amides is 1. The van der Waals surface area contributed by atoms with E-state index in [2.05, 4.69) is 17.2 Å². The lowest BCUT2D eigenvalue weighted by Crippen LogP contribution is -2.42. The van der Waals surface area contributed by atoms with E-state index in [-0.39, 0.29) is 22.9 Å². The molecular weight excluding hydrogens is 302 g/mol. The van der Waals surface area contributed by atoms with E-state index >= 15 is 0 Å². The molecule has 2 aromatic heterocycles. The summed E-state index contributed by atoms with van der Waals surface area (Å²) in [6.07, 6.45) is 6.13. The van der Waals surface area contributed by atoms with E-state index in [9.17, 15) is 9.59 Å². The van der Waals surface area contributed by atoms with Crippen molar-refractivity contribution in [3.63, 3.8) is 0 Å². The molecule has 1 N–H and O–H groups in total. The van der Waals surface area contributed by atoms with Gasteiger partial charge in [0.05, 0.1) is 5.39 Å². The highest BCUT2D eigenvalue weighted by Gasteiger charge is 2.25. The van der Waals surface area contributed by atoms with Crippen LogP contribution in [0.15, 0.2) is 23.1 Å². The van der Waals surface area contributed by atoms with E-state index in [0.717, 1.165) is 25.0 Å². The summed E-state index contributed by atoms with van der Waals surface area (Å²) in [6, 6.07) is 3.74. The van der Waals surface area contributed by atoms with E-state index in [1.807, 2.05) is 24.5 Å². The second kappa shape index (κ2) is 6.75. The number of hydrogen-bond donors (Lipinski definition) is 1. The van der Waals surface area contributed by atoms with E-state index in [1.54, 1.807) is 12.3 Å². The first-order valence-corrected chi connectivity index (χ1v) is 8.83. The molecule has 0 aromatic carbocycles.